The summed E-state index contributed by atoms with van der Waals surface area (Å²) < 4.78 is 5.30. The van der Waals surface area contributed by atoms with Crippen molar-refractivity contribution in [2.24, 2.45) is 5.41 Å². The molecule has 2 rings (SSSR count). The molecule has 0 heterocycles. The molecule has 0 aromatic heterocycles. The second kappa shape index (κ2) is 10.2. The molecule has 140 valence electrons. The topological polar surface area (TPSA) is 50.4 Å². The molecular weight excluding hydrogens is 344 g/mol. The first kappa shape index (κ1) is 20.3. The van der Waals surface area contributed by atoms with Gasteiger partial charge in [0.2, 0.25) is 0 Å². The Morgan fingerprint density at radius 1 is 1.00 bits per heavy atom. The lowest BCUT2D eigenvalue weighted by atomic mass is 9.97. The van der Waals surface area contributed by atoms with E-state index in [4.69, 9.17) is 4.74 Å². The van der Waals surface area contributed by atoms with Gasteiger partial charge in [-0.15, -0.1) is 11.8 Å². The van der Waals surface area contributed by atoms with Crippen LogP contribution in [0.1, 0.15) is 26.3 Å². The van der Waals surface area contributed by atoms with Gasteiger partial charge in [-0.05, 0) is 35.2 Å². The van der Waals surface area contributed by atoms with Gasteiger partial charge in [-0.3, -0.25) is 0 Å². The lowest BCUT2D eigenvalue weighted by Gasteiger charge is -2.18. The minimum atomic E-state index is -0.422. The van der Waals surface area contributed by atoms with Crippen LogP contribution in [0, 0.1) is 5.41 Å². The predicted molar refractivity (Wildman–Crippen MR) is 109 cm³/mol. The molecule has 2 aromatic rings. The van der Waals surface area contributed by atoms with E-state index < -0.39 is 6.09 Å². The number of rotatable bonds is 8. The average molecular weight is 373 g/mol. The van der Waals surface area contributed by atoms with Crippen LogP contribution in [0.5, 0.6) is 5.75 Å². The highest BCUT2D eigenvalue weighted by atomic mass is 32.2. The molecular formula is C21H28N2O2S. The lowest BCUT2D eigenvalue weighted by molar-refractivity contribution is 0.200. The van der Waals surface area contributed by atoms with Crippen LogP contribution < -0.4 is 15.4 Å². The van der Waals surface area contributed by atoms with Crippen molar-refractivity contribution in [2.75, 3.05) is 19.6 Å². The zero-order valence-electron chi connectivity index (χ0n) is 15.7. The summed E-state index contributed by atoms with van der Waals surface area (Å²) in [5.74, 6) is 1.44. The molecule has 1 amide bonds. The first-order chi connectivity index (χ1) is 12.4. The van der Waals surface area contributed by atoms with E-state index in [1.165, 1.54) is 10.5 Å². The van der Waals surface area contributed by atoms with Crippen LogP contribution in [0.15, 0.2) is 59.5 Å². The summed E-state index contributed by atoms with van der Waals surface area (Å²) in [7, 11) is 0. The first-order valence-electron chi connectivity index (χ1n) is 8.85. The van der Waals surface area contributed by atoms with Gasteiger partial charge in [0.05, 0.1) is 0 Å². The quantitative estimate of drug-likeness (QED) is 0.521. The van der Waals surface area contributed by atoms with E-state index in [1.54, 1.807) is 11.8 Å². The van der Waals surface area contributed by atoms with Gasteiger partial charge in [0.15, 0.2) is 0 Å². The van der Waals surface area contributed by atoms with Crippen molar-refractivity contribution in [1.82, 2.24) is 10.6 Å². The largest absolute Gasteiger partial charge is 0.412 e. The van der Waals surface area contributed by atoms with Gasteiger partial charge in [0, 0.05) is 30.3 Å². The Morgan fingerprint density at radius 2 is 1.69 bits per heavy atom. The number of hydrogen-bond donors (Lipinski definition) is 2. The summed E-state index contributed by atoms with van der Waals surface area (Å²) in [5, 5.41) is 6.06. The van der Waals surface area contributed by atoms with E-state index in [9.17, 15) is 4.79 Å². The summed E-state index contributed by atoms with van der Waals surface area (Å²) in [5.41, 5.74) is 1.43. The van der Waals surface area contributed by atoms with Crippen LogP contribution in [0.3, 0.4) is 0 Å². The first-order valence-corrected chi connectivity index (χ1v) is 9.84. The van der Waals surface area contributed by atoms with Gasteiger partial charge in [0.1, 0.15) is 5.75 Å². The van der Waals surface area contributed by atoms with E-state index in [0.29, 0.717) is 12.3 Å². The molecule has 2 aromatic carbocycles. The zero-order valence-corrected chi connectivity index (χ0v) is 16.6. The maximum atomic E-state index is 11.8. The molecule has 0 aliphatic carbocycles. The van der Waals surface area contributed by atoms with Crippen molar-refractivity contribution in [3.63, 3.8) is 0 Å². The minimum Gasteiger partial charge on any atom is -0.410 e. The lowest BCUT2D eigenvalue weighted by Crippen LogP contribution is -2.36. The SMILES string of the molecule is CC(C)(C)CNCCNC(=O)Oc1ccc(CSc2ccccc2)cc1. The van der Waals surface area contributed by atoms with Crippen LogP contribution in [0.2, 0.25) is 0 Å². The monoisotopic (exact) mass is 372 g/mol. The van der Waals surface area contributed by atoms with E-state index >= 15 is 0 Å². The van der Waals surface area contributed by atoms with Gasteiger partial charge in [-0.25, -0.2) is 4.79 Å². The number of carbonyl (C=O) groups is 1. The van der Waals surface area contributed by atoms with E-state index in [1.807, 2.05) is 42.5 Å². The van der Waals surface area contributed by atoms with Crippen molar-refractivity contribution in [3.05, 3.63) is 60.2 Å². The second-order valence-corrected chi connectivity index (χ2v) is 8.35. The Balaban J connectivity index is 1.67. The van der Waals surface area contributed by atoms with Crippen LogP contribution in [-0.4, -0.2) is 25.7 Å². The van der Waals surface area contributed by atoms with Crippen molar-refractivity contribution < 1.29 is 9.53 Å². The number of hydrogen-bond acceptors (Lipinski definition) is 4. The van der Waals surface area contributed by atoms with Crippen molar-refractivity contribution in [2.45, 2.75) is 31.4 Å². The van der Waals surface area contributed by atoms with Crippen molar-refractivity contribution in [1.29, 1.82) is 0 Å². The molecule has 0 radical (unpaired) electrons. The Bertz CT molecular complexity index is 667. The van der Waals surface area contributed by atoms with E-state index in [2.05, 4.69) is 43.5 Å². The standard InChI is InChI=1S/C21H28N2O2S/c1-21(2,3)16-22-13-14-23-20(24)25-18-11-9-17(10-12-18)15-26-19-7-5-4-6-8-19/h4-12,22H,13-16H2,1-3H3,(H,23,24). The third kappa shape index (κ3) is 8.41. The highest BCUT2D eigenvalue weighted by Gasteiger charge is 2.09. The fourth-order valence-electron chi connectivity index (χ4n) is 2.20. The van der Waals surface area contributed by atoms with Crippen LogP contribution in [0.4, 0.5) is 4.79 Å². The average Bonchev–Trinajstić information content (AvgIpc) is 2.61. The molecule has 0 unspecified atom stereocenters. The summed E-state index contributed by atoms with van der Waals surface area (Å²) in [6.45, 7) is 8.69. The highest BCUT2D eigenvalue weighted by Crippen LogP contribution is 2.23. The minimum absolute atomic E-state index is 0.237. The van der Waals surface area contributed by atoms with Gasteiger partial charge in [0.25, 0.3) is 0 Å². The van der Waals surface area contributed by atoms with E-state index in [-0.39, 0.29) is 5.41 Å². The van der Waals surface area contributed by atoms with Crippen LogP contribution >= 0.6 is 11.8 Å². The van der Waals surface area contributed by atoms with E-state index in [0.717, 1.165) is 18.8 Å². The van der Waals surface area contributed by atoms with Gasteiger partial charge in [-0.2, -0.15) is 0 Å². The van der Waals surface area contributed by atoms with Gasteiger partial charge < -0.3 is 15.4 Å². The summed E-state index contributed by atoms with van der Waals surface area (Å²) in [6.07, 6.45) is -0.422. The summed E-state index contributed by atoms with van der Waals surface area (Å²) >= 11 is 1.78. The third-order valence-electron chi connectivity index (χ3n) is 3.51. The van der Waals surface area contributed by atoms with Gasteiger partial charge >= 0.3 is 6.09 Å². The molecule has 26 heavy (non-hydrogen) atoms. The molecule has 0 atom stereocenters. The fourth-order valence-corrected chi connectivity index (χ4v) is 3.07. The molecule has 0 saturated carbocycles. The number of benzene rings is 2. The molecule has 0 aliphatic rings. The maximum Gasteiger partial charge on any atom is 0.412 e. The normalized spacial score (nSPS) is 11.2. The molecule has 2 N–H and O–H groups in total. The molecule has 5 heteroatoms. The molecule has 0 spiro atoms. The third-order valence-corrected chi connectivity index (χ3v) is 4.59. The van der Waals surface area contributed by atoms with Crippen LogP contribution in [0.25, 0.3) is 0 Å². The number of carbonyl (C=O) groups excluding carboxylic acids is 1. The zero-order chi connectivity index (χ0) is 18.8. The molecule has 0 saturated heterocycles. The fraction of sp³-hybridized carbons (Fsp3) is 0.381. The summed E-state index contributed by atoms with van der Waals surface area (Å²) in [4.78, 5) is 13.0. The Hall–Kier alpha value is -1.98. The molecule has 0 bridgehead atoms. The number of thioether (sulfide) groups is 1. The maximum absolute atomic E-state index is 11.8. The number of ether oxygens (including phenoxy) is 1. The Morgan fingerprint density at radius 3 is 2.35 bits per heavy atom. The number of nitrogens with one attached hydrogen (secondary N) is 2. The molecule has 4 nitrogen and oxygen atoms in total. The molecule has 0 aliphatic heterocycles. The Labute approximate surface area is 160 Å². The smallest absolute Gasteiger partial charge is 0.410 e. The van der Waals surface area contributed by atoms with Crippen molar-refractivity contribution in [3.8, 4) is 5.75 Å². The molecule has 0 fully saturated rings. The summed E-state index contributed by atoms with van der Waals surface area (Å²) in [6, 6.07) is 17.9. The highest BCUT2D eigenvalue weighted by molar-refractivity contribution is 7.98. The van der Waals surface area contributed by atoms with Gasteiger partial charge in [-0.1, -0.05) is 51.1 Å². The Kier molecular flexibility index (Phi) is 8.01. The second-order valence-electron chi connectivity index (χ2n) is 7.30. The number of amides is 1. The van der Waals surface area contributed by atoms with Crippen molar-refractivity contribution >= 4 is 17.9 Å². The predicted octanol–water partition coefficient (Wildman–Crippen LogP) is 4.70. The van der Waals surface area contributed by atoms with Crippen LogP contribution in [-0.2, 0) is 5.75 Å².